The van der Waals surface area contributed by atoms with Crippen LogP contribution in [0.3, 0.4) is 0 Å². The maximum absolute atomic E-state index is 13.2. The Morgan fingerprint density at radius 3 is 2.34 bits per heavy atom. The summed E-state index contributed by atoms with van der Waals surface area (Å²) in [7, 11) is -3.66. The molecule has 154 valence electrons. The van der Waals surface area contributed by atoms with Crippen LogP contribution in [-0.2, 0) is 14.8 Å². The normalized spacial score (nSPS) is 17.9. The van der Waals surface area contributed by atoms with E-state index in [4.69, 9.17) is 0 Å². The van der Waals surface area contributed by atoms with Gasteiger partial charge in [0.1, 0.15) is 5.82 Å². The molecule has 9 heteroatoms. The van der Waals surface area contributed by atoms with Crippen molar-refractivity contribution in [3.63, 3.8) is 0 Å². The molecule has 0 bridgehead atoms. The SMILES string of the molecule is CC(=O)N1CCSc2ccc(S(=O)(=O)N3CCN(c4ccc(F)cc4)CC3)cc21. The Morgan fingerprint density at radius 2 is 1.69 bits per heavy atom. The van der Waals surface area contributed by atoms with Gasteiger partial charge in [-0.05, 0) is 42.5 Å². The summed E-state index contributed by atoms with van der Waals surface area (Å²) in [6.45, 7) is 3.84. The zero-order valence-electron chi connectivity index (χ0n) is 16.0. The number of amides is 1. The van der Waals surface area contributed by atoms with E-state index in [1.807, 2.05) is 4.90 Å². The van der Waals surface area contributed by atoms with Gasteiger partial charge in [0.2, 0.25) is 15.9 Å². The average Bonchev–Trinajstić information content (AvgIpc) is 2.73. The molecule has 4 rings (SSSR count). The Labute approximate surface area is 174 Å². The van der Waals surface area contributed by atoms with Gasteiger partial charge < -0.3 is 9.80 Å². The first-order valence-corrected chi connectivity index (χ1v) is 11.8. The van der Waals surface area contributed by atoms with E-state index in [-0.39, 0.29) is 16.6 Å². The summed E-state index contributed by atoms with van der Waals surface area (Å²) in [6.07, 6.45) is 0. The van der Waals surface area contributed by atoms with Gasteiger partial charge in [0.05, 0.1) is 10.6 Å². The van der Waals surface area contributed by atoms with Crippen molar-refractivity contribution in [2.45, 2.75) is 16.7 Å². The molecule has 1 fully saturated rings. The first-order chi connectivity index (χ1) is 13.9. The van der Waals surface area contributed by atoms with Gasteiger partial charge in [-0.15, -0.1) is 11.8 Å². The molecule has 0 spiro atoms. The molecule has 2 heterocycles. The lowest BCUT2D eigenvalue weighted by Gasteiger charge is -2.35. The first kappa shape index (κ1) is 20.2. The van der Waals surface area contributed by atoms with Crippen molar-refractivity contribution in [1.82, 2.24) is 4.31 Å². The van der Waals surface area contributed by atoms with Crippen LogP contribution in [0.4, 0.5) is 15.8 Å². The molecule has 0 aromatic heterocycles. The fraction of sp³-hybridized carbons (Fsp3) is 0.350. The number of anilines is 2. The standard InChI is InChI=1S/C20H22FN3O3S2/c1-15(25)24-12-13-28-20-7-6-18(14-19(20)24)29(26,27)23-10-8-22(9-11-23)17-4-2-16(21)3-5-17/h2-7,14H,8-13H2,1H3. The van der Waals surface area contributed by atoms with Crippen molar-refractivity contribution in [1.29, 1.82) is 0 Å². The van der Waals surface area contributed by atoms with E-state index in [0.29, 0.717) is 38.4 Å². The molecule has 2 aromatic carbocycles. The highest BCUT2D eigenvalue weighted by Gasteiger charge is 2.30. The van der Waals surface area contributed by atoms with Gasteiger partial charge >= 0.3 is 0 Å². The fourth-order valence-electron chi connectivity index (χ4n) is 3.67. The van der Waals surface area contributed by atoms with Crippen molar-refractivity contribution in [2.75, 3.05) is 48.3 Å². The number of sulfonamides is 1. The van der Waals surface area contributed by atoms with Crippen LogP contribution < -0.4 is 9.80 Å². The van der Waals surface area contributed by atoms with Crippen LogP contribution in [0.15, 0.2) is 52.3 Å². The lowest BCUT2D eigenvalue weighted by molar-refractivity contribution is -0.116. The van der Waals surface area contributed by atoms with Crippen LogP contribution in [0.1, 0.15) is 6.92 Å². The Hall–Kier alpha value is -2.10. The van der Waals surface area contributed by atoms with E-state index in [2.05, 4.69) is 0 Å². The number of thioether (sulfide) groups is 1. The summed E-state index contributed by atoms with van der Waals surface area (Å²) in [4.78, 5) is 16.8. The van der Waals surface area contributed by atoms with E-state index in [9.17, 15) is 17.6 Å². The van der Waals surface area contributed by atoms with Gasteiger partial charge in [0.25, 0.3) is 0 Å². The number of piperazine rings is 1. The predicted molar refractivity (Wildman–Crippen MR) is 113 cm³/mol. The summed E-state index contributed by atoms with van der Waals surface area (Å²) < 4.78 is 41.0. The molecule has 1 saturated heterocycles. The highest BCUT2D eigenvalue weighted by molar-refractivity contribution is 7.99. The minimum Gasteiger partial charge on any atom is -0.369 e. The quantitative estimate of drug-likeness (QED) is 0.742. The molecule has 0 atom stereocenters. The van der Waals surface area contributed by atoms with Crippen molar-refractivity contribution < 1.29 is 17.6 Å². The van der Waals surface area contributed by atoms with E-state index >= 15 is 0 Å². The van der Waals surface area contributed by atoms with Crippen molar-refractivity contribution in [3.8, 4) is 0 Å². The number of hydrogen-bond acceptors (Lipinski definition) is 5. The third-order valence-electron chi connectivity index (χ3n) is 5.24. The van der Waals surface area contributed by atoms with E-state index in [1.165, 1.54) is 23.4 Å². The Bertz CT molecular complexity index is 1020. The second kappa shape index (κ2) is 7.97. The van der Waals surface area contributed by atoms with Crippen LogP contribution in [0.5, 0.6) is 0 Å². The number of halogens is 1. The topological polar surface area (TPSA) is 60.9 Å². The molecule has 6 nitrogen and oxygen atoms in total. The minimum absolute atomic E-state index is 0.0889. The van der Waals surface area contributed by atoms with Crippen LogP contribution in [-0.4, -0.2) is 57.1 Å². The third kappa shape index (κ3) is 3.99. The molecule has 2 aliphatic heterocycles. The molecular weight excluding hydrogens is 413 g/mol. The van der Waals surface area contributed by atoms with Crippen LogP contribution in [0.25, 0.3) is 0 Å². The van der Waals surface area contributed by atoms with Crippen LogP contribution >= 0.6 is 11.8 Å². The third-order valence-corrected chi connectivity index (χ3v) is 8.18. The van der Waals surface area contributed by atoms with E-state index < -0.39 is 10.0 Å². The number of fused-ring (bicyclic) bond motifs is 1. The maximum atomic E-state index is 13.2. The summed E-state index contributed by atoms with van der Waals surface area (Å²) in [5.41, 5.74) is 1.55. The predicted octanol–water partition coefficient (Wildman–Crippen LogP) is 2.80. The number of hydrogen-bond donors (Lipinski definition) is 0. The summed E-state index contributed by atoms with van der Waals surface area (Å²) in [5.74, 6) is 0.415. The molecule has 0 aliphatic carbocycles. The smallest absolute Gasteiger partial charge is 0.243 e. The molecule has 2 aliphatic rings. The number of carbonyl (C=O) groups excluding carboxylic acids is 1. The molecule has 0 radical (unpaired) electrons. The zero-order chi connectivity index (χ0) is 20.6. The first-order valence-electron chi connectivity index (χ1n) is 9.42. The minimum atomic E-state index is -3.66. The Kier molecular flexibility index (Phi) is 5.54. The molecule has 29 heavy (non-hydrogen) atoms. The monoisotopic (exact) mass is 435 g/mol. The second-order valence-corrected chi connectivity index (χ2v) is 10.1. The number of nitrogens with zero attached hydrogens (tertiary/aromatic N) is 3. The lowest BCUT2D eigenvalue weighted by Crippen LogP contribution is -2.48. The number of carbonyl (C=O) groups is 1. The number of benzene rings is 2. The van der Waals surface area contributed by atoms with Crippen LogP contribution in [0.2, 0.25) is 0 Å². The molecule has 0 N–H and O–H groups in total. The molecule has 1 amide bonds. The van der Waals surface area contributed by atoms with Gasteiger partial charge in [-0.25, -0.2) is 12.8 Å². The van der Waals surface area contributed by atoms with Crippen LogP contribution in [0, 0.1) is 5.82 Å². The van der Waals surface area contributed by atoms with Gasteiger partial charge in [-0.2, -0.15) is 4.31 Å². The highest BCUT2D eigenvalue weighted by Crippen LogP contribution is 2.37. The Morgan fingerprint density at radius 1 is 1.00 bits per heavy atom. The zero-order valence-corrected chi connectivity index (χ0v) is 17.7. The van der Waals surface area contributed by atoms with Crippen molar-refractivity contribution in [2.24, 2.45) is 0 Å². The summed E-state index contributed by atoms with van der Waals surface area (Å²) in [6, 6.07) is 11.3. The largest absolute Gasteiger partial charge is 0.369 e. The lowest BCUT2D eigenvalue weighted by atomic mass is 10.2. The van der Waals surface area contributed by atoms with E-state index in [0.717, 1.165) is 16.3 Å². The van der Waals surface area contributed by atoms with Gasteiger partial charge in [0, 0.05) is 56.0 Å². The summed E-state index contributed by atoms with van der Waals surface area (Å²) in [5, 5.41) is 0. The molecule has 2 aromatic rings. The molecule has 0 saturated carbocycles. The fourth-order valence-corrected chi connectivity index (χ4v) is 6.09. The second-order valence-electron chi connectivity index (χ2n) is 7.02. The maximum Gasteiger partial charge on any atom is 0.243 e. The summed E-state index contributed by atoms with van der Waals surface area (Å²) >= 11 is 1.63. The molecule has 0 unspecified atom stereocenters. The molecular formula is C20H22FN3O3S2. The van der Waals surface area contributed by atoms with Gasteiger partial charge in [-0.1, -0.05) is 0 Å². The van der Waals surface area contributed by atoms with E-state index in [1.54, 1.807) is 47.0 Å². The number of rotatable bonds is 3. The van der Waals surface area contributed by atoms with Gasteiger partial charge in [-0.3, -0.25) is 4.79 Å². The van der Waals surface area contributed by atoms with Gasteiger partial charge in [0.15, 0.2) is 0 Å². The highest BCUT2D eigenvalue weighted by atomic mass is 32.2. The Balaban J connectivity index is 1.53. The average molecular weight is 436 g/mol. The van der Waals surface area contributed by atoms with Crippen molar-refractivity contribution >= 4 is 39.1 Å². The van der Waals surface area contributed by atoms with Crippen molar-refractivity contribution in [3.05, 3.63) is 48.3 Å².